The number of amides is 2. The second kappa shape index (κ2) is 20.7. The van der Waals surface area contributed by atoms with E-state index in [1.807, 2.05) is 5.32 Å². The molecule has 3 unspecified atom stereocenters. The number of ether oxygens (including phenoxy) is 2. The molecule has 0 aliphatic heterocycles. The molecule has 4 aromatic rings. The number of benzene rings is 4. The minimum Gasteiger partial charge on any atom is -0.483 e. The number of hydroxylamine groups is 1. The molecule has 324 valence electrons. The van der Waals surface area contributed by atoms with Gasteiger partial charge in [0.05, 0.1) is 5.92 Å². The molecule has 0 radical (unpaired) electrons. The zero-order valence-electron chi connectivity index (χ0n) is 30.7. The van der Waals surface area contributed by atoms with Gasteiger partial charge in [0, 0.05) is 31.5 Å². The number of halogens is 8. The summed E-state index contributed by atoms with van der Waals surface area (Å²) in [6.45, 7) is -2.77. The molecule has 15 nitrogen and oxygen atoms in total. The van der Waals surface area contributed by atoms with Crippen LogP contribution in [0.15, 0.2) is 54.6 Å². The minimum atomic E-state index is -2.28. The Balaban J connectivity index is 1.47. The van der Waals surface area contributed by atoms with Crippen LogP contribution < -0.4 is 25.6 Å². The number of nitrogens with one attached hydrogen (secondary N) is 3. The molecule has 3 atom stereocenters. The van der Waals surface area contributed by atoms with Crippen LogP contribution in [0.4, 0.5) is 35.1 Å². The first-order chi connectivity index (χ1) is 28.8. The molecule has 0 aromatic heterocycles. The van der Waals surface area contributed by atoms with Crippen molar-refractivity contribution in [2.75, 3.05) is 13.2 Å². The third-order valence-corrected chi connectivity index (χ3v) is 8.41. The van der Waals surface area contributed by atoms with Gasteiger partial charge in [0.25, 0.3) is 0 Å². The molecule has 0 heterocycles. The molecule has 2 amide bonds. The van der Waals surface area contributed by atoms with E-state index in [0.717, 1.165) is 5.39 Å². The van der Waals surface area contributed by atoms with Crippen LogP contribution in [0.2, 0.25) is 0 Å². The fraction of sp³-hybridized carbons (Fsp3) is 0.237. The van der Waals surface area contributed by atoms with Crippen molar-refractivity contribution in [3.63, 3.8) is 0 Å². The van der Waals surface area contributed by atoms with Gasteiger partial charge < -0.3 is 35.2 Å². The molecular formula is C38H29F8N3O12. The van der Waals surface area contributed by atoms with Gasteiger partial charge in [0.1, 0.15) is 25.3 Å². The van der Waals surface area contributed by atoms with Gasteiger partial charge in [-0.3, -0.25) is 28.8 Å². The Morgan fingerprint density at radius 3 is 1.70 bits per heavy atom. The summed E-state index contributed by atoms with van der Waals surface area (Å²) in [5.41, 5.74) is 2.19. The molecule has 4 rings (SSSR count). The van der Waals surface area contributed by atoms with E-state index in [1.54, 1.807) is 47.9 Å². The Hall–Kier alpha value is -7.17. The van der Waals surface area contributed by atoms with E-state index >= 15 is 0 Å². The number of carboxylic acid groups (broad SMARTS) is 2. The van der Waals surface area contributed by atoms with Gasteiger partial charge in [-0.1, -0.05) is 42.5 Å². The monoisotopic (exact) mass is 871 g/mol. The van der Waals surface area contributed by atoms with Crippen molar-refractivity contribution >= 4 is 52.1 Å². The fourth-order valence-corrected chi connectivity index (χ4v) is 5.33. The van der Waals surface area contributed by atoms with E-state index in [1.165, 1.54) is 0 Å². The van der Waals surface area contributed by atoms with Gasteiger partial charge in [-0.05, 0) is 22.8 Å². The van der Waals surface area contributed by atoms with Gasteiger partial charge in [-0.25, -0.2) is 31.1 Å². The van der Waals surface area contributed by atoms with Crippen LogP contribution in [-0.4, -0.2) is 76.8 Å². The van der Waals surface area contributed by atoms with E-state index in [9.17, 15) is 78.9 Å². The number of Topliss-reactive ketones (excluding diaryl/α,β-unsaturated/α-hetero) is 2. The molecule has 0 spiro atoms. The average Bonchev–Trinajstić information content (AvgIpc) is 3.23. The molecule has 0 aliphatic carbocycles. The quantitative estimate of drug-likeness (QED) is 0.0281. The number of hydrogen-bond acceptors (Lipinski definition) is 11. The Morgan fingerprint density at radius 2 is 1.15 bits per heavy atom. The normalized spacial score (nSPS) is 12.5. The lowest BCUT2D eigenvalue weighted by Gasteiger charge is -2.22. The summed E-state index contributed by atoms with van der Waals surface area (Å²) in [6, 6.07) is 7.71. The Labute approximate surface area is 336 Å². The molecule has 4 aromatic carbocycles. The number of carbonyl (C=O) groups is 7. The second-order valence-corrected chi connectivity index (χ2v) is 12.7. The molecule has 0 aliphatic rings. The topological polar surface area (TPSA) is 224 Å². The maximum Gasteiger partial charge on any atom is 0.347 e. The maximum atomic E-state index is 14.0. The van der Waals surface area contributed by atoms with Crippen LogP contribution in [-0.2, 0) is 44.9 Å². The molecule has 0 saturated carbocycles. The van der Waals surface area contributed by atoms with Crippen molar-refractivity contribution in [3.05, 3.63) is 107 Å². The summed E-state index contributed by atoms with van der Waals surface area (Å²) in [5.74, 6) is -32.2. The minimum absolute atomic E-state index is 0.0622. The molecule has 0 bridgehead atoms. The SMILES string of the molecule is O=C(COc1cc(F)c(F)c(F)c1F)CC(CC(NC(=O)C(=O)NCc1cccc2ccccc12)C(=O)ONC(CC(=O)COc1cc(F)c(F)c(F)c1F)C(=O)O)C(=O)O. The summed E-state index contributed by atoms with van der Waals surface area (Å²) in [6.07, 6.45) is -3.39. The van der Waals surface area contributed by atoms with Crippen molar-refractivity contribution in [1.29, 1.82) is 0 Å². The van der Waals surface area contributed by atoms with Crippen molar-refractivity contribution in [3.8, 4) is 11.5 Å². The molecule has 61 heavy (non-hydrogen) atoms. The van der Waals surface area contributed by atoms with Gasteiger partial charge in [0.2, 0.25) is 23.3 Å². The number of carboxylic acids is 2. The average molecular weight is 872 g/mol. The molecule has 5 N–H and O–H groups in total. The first-order valence-corrected chi connectivity index (χ1v) is 17.2. The lowest BCUT2D eigenvalue weighted by molar-refractivity contribution is -0.163. The van der Waals surface area contributed by atoms with Crippen molar-refractivity contribution in [2.45, 2.75) is 37.9 Å². The Kier molecular flexibility index (Phi) is 15.8. The smallest absolute Gasteiger partial charge is 0.347 e. The van der Waals surface area contributed by atoms with Crippen LogP contribution in [0.3, 0.4) is 0 Å². The first kappa shape index (κ1) is 46.5. The van der Waals surface area contributed by atoms with Crippen LogP contribution in [0, 0.1) is 52.5 Å². The second-order valence-electron chi connectivity index (χ2n) is 12.7. The number of hydrogen-bond donors (Lipinski definition) is 5. The first-order valence-electron chi connectivity index (χ1n) is 17.2. The number of ketones is 2. The summed E-state index contributed by atoms with van der Waals surface area (Å²) >= 11 is 0. The fourth-order valence-electron chi connectivity index (χ4n) is 5.33. The van der Waals surface area contributed by atoms with E-state index in [-0.39, 0.29) is 18.7 Å². The van der Waals surface area contributed by atoms with E-state index < -0.39 is 150 Å². The van der Waals surface area contributed by atoms with Crippen LogP contribution in [0.25, 0.3) is 10.8 Å². The number of aliphatic carboxylic acids is 2. The predicted octanol–water partition coefficient (Wildman–Crippen LogP) is 3.72. The maximum absolute atomic E-state index is 14.0. The third kappa shape index (κ3) is 12.2. The summed E-state index contributed by atoms with van der Waals surface area (Å²) in [5, 5.41) is 25.1. The molecule has 23 heteroatoms. The predicted molar refractivity (Wildman–Crippen MR) is 187 cm³/mol. The van der Waals surface area contributed by atoms with Gasteiger partial charge in [-0.2, -0.15) is 8.78 Å². The van der Waals surface area contributed by atoms with Gasteiger partial charge >= 0.3 is 29.7 Å². The van der Waals surface area contributed by atoms with Crippen LogP contribution in [0.5, 0.6) is 11.5 Å². The van der Waals surface area contributed by atoms with E-state index in [4.69, 9.17) is 4.84 Å². The molecule has 0 fully saturated rings. The Bertz CT molecular complexity index is 2380. The number of rotatable bonds is 20. The standard InChI is InChI=1S/C38H29F8N3O12/c39-22-11-26(30(43)32(45)28(22)41)59-14-19(50)8-18(36(54)55)9-25(48-35(53)34(52)47-13-17-6-3-5-16-4-1-2-7-21(16)17)38(58)61-49-24(37(56)57)10-20(51)15-60-27-12-23(40)29(42)33(46)31(27)44/h1-7,11-12,18,24-25,49H,8-10,13-15H2,(H,47,52)(H,48,53)(H,54,55)(H,56,57). The lowest BCUT2D eigenvalue weighted by Crippen LogP contribution is -2.51. The summed E-state index contributed by atoms with van der Waals surface area (Å²) in [7, 11) is 0. The van der Waals surface area contributed by atoms with Crippen molar-refractivity contribution < 1.29 is 93.2 Å². The van der Waals surface area contributed by atoms with Gasteiger partial charge in [-0.15, -0.1) is 5.48 Å². The molecular weight excluding hydrogens is 842 g/mol. The van der Waals surface area contributed by atoms with Crippen molar-refractivity contribution in [2.24, 2.45) is 5.92 Å². The summed E-state index contributed by atoms with van der Waals surface area (Å²) < 4.78 is 118. The van der Waals surface area contributed by atoms with Crippen molar-refractivity contribution in [1.82, 2.24) is 16.1 Å². The number of carbonyl (C=O) groups excluding carboxylic acids is 5. The number of fused-ring (bicyclic) bond motifs is 1. The highest BCUT2D eigenvalue weighted by Crippen LogP contribution is 2.26. The van der Waals surface area contributed by atoms with Gasteiger partial charge in [0.15, 0.2) is 46.3 Å². The highest BCUT2D eigenvalue weighted by atomic mass is 19.2. The van der Waals surface area contributed by atoms with E-state index in [2.05, 4.69) is 14.8 Å². The summed E-state index contributed by atoms with van der Waals surface area (Å²) in [4.78, 5) is 92.9. The Morgan fingerprint density at radius 1 is 0.607 bits per heavy atom. The van der Waals surface area contributed by atoms with Crippen LogP contribution >= 0.6 is 0 Å². The van der Waals surface area contributed by atoms with Crippen LogP contribution in [0.1, 0.15) is 24.8 Å². The zero-order chi connectivity index (χ0) is 45.1. The highest BCUT2D eigenvalue weighted by molar-refractivity contribution is 6.35. The molecule has 0 saturated heterocycles. The zero-order valence-corrected chi connectivity index (χ0v) is 30.7. The lowest BCUT2D eigenvalue weighted by atomic mass is 9.94. The van der Waals surface area contributed by atoms with E-state index in [0.29, 0.717) is 10.9 Å². The highest BCUT2D eigenvalue weighted by Gasteiger charge is 2.34. The largest absolute Gasteiger partial charge is 0.483 e. The third-order valence-electron chi connectivity index (χ3n) is 8.41.